The highest BCUT2D eigenvalue weighted by atomic mass is 19.1. The summed E-state index contributed by atoms with van der Waals surface area (Å²) in [6, 6.07) is 12.5. The number of fused-ring (bicyclic) bond motifs is 1. The fraction of sp³-hybridized carbons (Fsp3) is 0.448. The van der Waals surface area contributed by atoms with Crippen molar-refractivity contribution in [2.24, 2.45) is 5.92 Å². The molecule has 0 atom stereocenters. The minimum absolute atomic E-state index is 0.0756. The molecule has 2 aliphatic carbocycles. The molecule has 1 amide bonds. The van der Waals surface area contributed by atoms with Crippen LogP contribution in [0, 0.1) is 11.7 Å². The van der Waals surface area contributed by atoms with Crippen molar-refractivity contribution in [2.45, 2.75) is 76.5 Å². The van der Waals surface area contributed by atoms with Crippen LogP contribution in [0.5, 0.6) is 5.75 Å². The zero-order valence-corrected chi connectivity index (χ0v) is 20.4. The summed E-state index contributed by atoms with van der Waals surface area (Å²) in [7, 11) is 0. The van der Waals surface area contributed by atoms with Crippen LogP contribution in [0.4, 0.5) is 4.39 Å². The summed E-state index contributed by atoms with van der Waals surface area (Å²) >= 11 is 0. The van der Waals surface area contributed by atoms with Gasteiger partial charge in [0.2, 0.25) is 0 Å². The second kappa shape index (κ2) is 10.7. The summed E-state index contributed by atoms with van der Waals surface area (Å²) in [5.41, 5.74) is 2.02. The fourth-order valence-electron chi connectivity index (χ4n) is 5.60. The Morgan fingerprint density at radius 3 is 2.36 bits per heavy atom. The first-order valence-corrected chi connectivity index (χ1v) is 13.0. The summed E-state index contributed by atoms with van der Waals surface area (Å²) < 4.78 is 22.7. The molecule has 7 heteroatoms. The van der Waals surface area contributed by atoms with Gasteiger partial charge in [-0.3, -0.25) is 9.59 Å². The van der Waals surface area contributed by atoms with Crippen LogP contribution in [0.3, 0.4) is 0 Å². The Bertz CT molecular complexity index is 1220. The highest BCUT2D eigenvalue weighted by molar-refractivity contribution is 6.06. The molecule has 1 aromatic heterocycles. The molecule has 2 saturated carbocycles. The van der Waals surface area contributed by atoms with Gasteiger partial charge in [0.15, 0.2) is 0 Å². The third kappa shape index (κ3) is 5.40. The topological polar surface area (TPSA) is 80.6 Å². The Labute approximate surface area is 210 Å². The Morgan fingerprint density at radius 1 is 0.944 bits per heavy atom. The van der Waals surface area contributed by atoms with Crippen LogP contribution in [0.25, 0.3) is 10.9 Å². The van der Waals surface area contributed by atoms with Crippen molar-refractivity contribution in [3.8, 4) is 5.75 Å². The number of carbonyl (C=O) groups is 2. The lowest BCUT2D eigenvalue weighted by atomic mass is 9.86. The first kappa shape index (κ1) is 24.3. The van der Waals surface area contributed by atoms with Gasteiger partial charge >= 0.3 is 5.97 Å². The number of hydrogen-bond donors (Lipinski definition) is 2. The molecule has 36 heavy (non-hydrogen) atoms. The average Bonchev–Trinajstić information content (AvgIpc) is 3.31. The maximum absolute atomic E-state index is 14.6. The standard InChI is InChI=1S/C29H33FN2O4/c30-26-15-14-25(28(33)31-21-10-8-20(9-11-21)29(34)35)27-24(26)16-17-32(27)18-19-6-12-23(13-7-19)36-22-4-2-1-3-5-22/h6-7,12-17,20-22H,1-5,8-11,18H2,(H,31,33)(H,34,35). The summed E-state index contributed by atoms with van der Waals surface area (Å²) in [6.45, 7) is 0.501. The number of nitrogens with zero attached hydrogens (tertiary/aromatic N) is 1. The second-order valence-corrected chi connectivity index (χ2v) is 10.2. The van der Waals surface area contributed by atoms with Gasteiger partial charge in [0, 0.05) is 24.2 Å². The van der Waals surface area contributed by atoms with E-state index >= 15 is 0 Å². The van der Waals surface area contributed by atoms with Crippen LogP contribution in [0.2, 0.25) is 0 Å². The molecule has 190 valence electrons. The number of aromatic nitrogens is 1. The van der Waals surface area contributed by atoms with Crippen molar-refractivity contribution in [1.82, 2.24) is 9.88 Å². The molecule has 2 aromatic carbocycles. The van der Waals surface area contributed by atoms with E-state index in [0.29, 0.717) is 54.8 Å². The monoisotopic (exact) mass is 492 g/mol. The van der Waals surface area contributed by atoms with Gasteiger partial charge in [-0.2, -0.15) is 0 Å². The van der Waals surface area contributed by atoms with Gasteiger partial charge in [-0.1, -0.05) is 18.6 Å². The molecule has 6 nitrogen and oxygen atoms in total. The predicted molar refractivity (Wildman–Crippen MR) is 136 cm³/mol. The number of benzene rings is 2. The number of halogens is 1. The van der Waals surface area contributed by atoms with E-state index in [1.165, 1.54) is 31.4 Å². The van der Waals surface area contributed by atoms with Crippen LogP contribution in [0.15, 0.2) is 48.7 Å². The molecule has 0 aliphatic heterocycles. The Morgan fingerprint density at radius 2 is 1.67 bits per heavy atom. The fourth-order valence-corrected chi connectivity index (χ4v) is 5.60. The van der Waals surface area contributed by atoms with Crippen LogP contribution in [-0.2, 0) is 11.3 Å². The molecule has 5 rings (SSSR count). The first-order chi connectivity index (χ1) is 17.5. The third-order valence-electron chi connectivity index (χ3n) is 7.66. The first-order valence-electron chi connectivity index (χ1n) is 13.0. The summed E-state index contributed by atoms with van der Waals surface area (Å²) in [6.07, 6.45) is 10.4. The molecule has 1 heterocycles. The lowest BCUT2D eigenvalue weighted by Crippen LogP contribution is -2.38. The highest BCUT2D eigenvalue weighted by Crippen LogP contribution is 2.28. The molecular formula is C29H33FN2O4. The van der Waals surface area contributed by atoms with Crippen molar-refractivity contribution in [3.63, 3.8) is 0 Å². The van der Waals surface area contributed by atoms with Gasteiger partial charge in [0.25, 0.3) is 5.91 Å². The molecule has 2 N–H and O–H groups in total. The van der Waals surface area contributed by atoms with Crippen LogP contribution >= 0.6 is 0 Å². The van der Waals surface area contributed by atoms with Crippen LogP contribution < -0.4 is 10.1 Å². The molecular weight excluding hydrogens is 459 g/mol. The van der Waals surface area contributed by atoms with Crippen LogP contribution in [0.1, 0.15) is 73.7 Å². The number of carbonyl (C=O) groups excluding carboxylic acids is 1. The lowest BCUT2D eigenvalue weighted by Gasteiger charge is -2.27. The summed E-state index contributed by atoms with van der Waals surface area (Å²) in [4.78, 5) is 24.4. The minimum Gasteiger partial charge on any atom is -0.490 e. The quantitative estimate of drug-likeness (QED) is 0.429. The van der Waals surface area contributed by atoms with Gasteiger partial charge in [-0.05, 0) is 87.3 Å². The zero-order chi connectivity index (χ0) is 25.1. The van der Waals surface area contributed by atoms with Crippen molar-refractivity contribution in [2.75, 3.05) is 0 Å². The number of carboxylic acids is 1. The highest BCUT2D eigenvalue weighted by Gasteiger charge is 2.27. The van der Waals surface area contributed by atoms with E-state index in [1.807, 2.05) is 35.0 Å². The van der Waals surface area contributed by atoms with E-state index in [4.69, 9.17) is 4.74 Å². The van der Waals surface area contributed by atoms with E-state index < -0.39 is 5.97 Å². The number of aliphatic carboxylic acids is 1. The molecule has 0 bridgehead atoms. The van der Waals surface area contributed by atoms with Gasteiger partial charge in [-0.25, -0.2) is 4.39 Å². The van der Waals surface area contributed by atoms with Crippen molar-refractivity contribution < 1.29 is 23.8 Å². The third-order valence-corrected chi connectivity index (χ3v) is 7.66. The maximum atomic E-state index is 14.6. The Balaban J connectivity index is 1.31. The normalized spacial score (nSPS) is 20.8. The zero-order valence-electron chi connectivity index (χ0n) is 20.4. The van der Waals surface area contributed by atoms with E-state index in [0.717, 1.165) is 24.2 Å². The van der Waals surface area contributed by atoms with Crippen molar-refractivity contribution in [3.05, 3.63) is 65.6 Å². The second-order valence-electron chi connectivity index (χ2n) is 10.2. The van der Waals surface area contributed by atoms with Crippen molar-refractivity contribution in [1.29, 1.82) is 0 Å². The van der Waals surface area contributed by atoms with Crippen LogP contribution in [-0.4, -0.2) is 33.7 Å². The SMILES string of the molecule is O=C(NC1CCC(C(=O)O)CC1)c1ccc(F)c2ccn(Cc3ccc(OC4CCCCC4)cc3)c12. The number of rotatable bonds is 7. The largest absolute Gasteiger partial charge is 0.490 e. The molecule has 0 spiro atoms. The molecule has 2 aliphatic rings. The van der Waals surface area contributed by atoms with Gasteiger partial charge in [-0.15, -0.1) is 0 Å². The lowest BCUT2D eigenvalue weighted by molar-refractivity contribution is -0.142. The number of ether oxygens (including phenoxy) is 1. The number of carboxylic acid groups (broad SMARTS) is 1. The van der Waals surface area contributed by atoms with Gasteiger partial charge in [0.05, 0.1) is 23.1 Å². The molecule has 0 saturated heterocycles. The number of amides is 1. The van der Waals surface area contributed by atoms with E-state index in [9.17, 15) is 19.1 Å². The average molecular weight is 493 g/mol. The van der Waals surface area contributed by atoms with Crippen molar-refractivity contribution >= 4 is 22.8 Å². The summed E-state index contributed by atoms with van der Waals surface area (Å²) in [5, 5.41) is 12.7. The predicted octanol–water partition coefficient (Wildman–Crippen LogP) is 5.91. The molecule has 0 unspecified atom stereocenters. The minimum atomic E-state index is -0.772. The Hall–Kier alpha value is -3.35. The van der Waals surface area contributed by atoms with Gasteiger partial charge in [0.1, 0.15) is 11.6 Å². The van der Waals surface area contributed by atoms with E-state index in [1.54, 1.807) is 6.07 Å². The van der Waals surface area contributed by atoms with E-state index in [-0.39, 0.29) is 23.7 Å². The smallest absolute Gasteiger partial charge is 0.306 e. The molecule has 0 radical (unpaired) electrons. The number of hydrogen-bond acceptors (Lipinski definition) is 3. The van der Waals surface area contributed by atoms with E-state index in [2.05, 4.69) is 5.32 Å². The maximum Gasteiger partial charge on any atom is 0.306 e. The molecule has 2 fully saturated rings. The number of nitrogens with one attached hydrogen (secondary N) is 1. The summed E-state index contributed by atoms with van der Waals surface area (Å²) in [5.74, 6) is -0.862. The molecule has 3 aromatic rings. The van der Waals surface area contributed by atoms with Gasteiger partial charge < -0.3 is 19.7 Å². The Kier molecular flexibility index (Phi) is 7.25.